The van der Waals surface area contributed by atoms with E-state index >= 15 is 0 Å². The molecule has 0 saturated carbocycles. The highest BCUT2D eigenvalue weighted by molar-refractivity contribution is 5.86. The SMILES string of the molecule is Cc1ccc(CNC(=O)C2CCCN2C(=O)OC(C)(C)C)c(C)c1. The van der Waals surface area contributed by atoms with Gasteiger partial charge in [0.1, 0.15) is 11.6 Å². The minimum atomic E-state index is -0.556. The lowest BCUT2D eigenvalue weighted by Crippen LogP contribution is -2.47. The van der Waals surface area contributed by atoms with Crippen LogP contribution >= 0.6 is 0 Å². The average Bonchev–Trinajstić information content (AvgIpc) is 2.93. The van der Waals surface area contributed by atoms with Gasteiger partial charge in [0.25, 0.3) is 0 Å². The third-order valence-corrected chi connectivity index (χ3v) is 4.13. The largest absolute Gasteiger partial charge is 0.444 e. The molecule has 0 radical (unpaired) electrons. The summed E-state index contributed by atoms with van der Waals surface area (Å²) in [5.41, 5.74) is 2.90. The summed E-state index contributed by atoms with van der Waals surface area (Å²) in [4.78, 5) is 26.3. The van der Waals surface area contributed by atoms with E-state index in [4.69, 9.17) is 4.74 Å². The van der Waals surface area contributed by atoms with Gasteiger partial charge in [-0.1, -0.05) is 23.8 Å². The molecule has 1 aliphatic rings. The van der Waals surface area contributed by atoms with E-state index in [9.17, 15) is 9.59 Å². The van der Waals surface area contributed by atoms with Crippen LogP contribution in [0.2, 0.25) is 0 Å². The van der Waals surface area contributed by atoms with Crippen molar-refractivity contribution < 1.29 is 14.3 Å². The topological polar surface area (TPSA) is 58.6 Å². The Bertz CT molecular complexity index is 620. The highest BCUT2D eigenvalue weighted by Crippen LogP contribution is 2.21. The zero-order chi connectivity index (χ0) is 17.9. The molecule has 1 fully saturated rings. The van der Waals surface area contributed by atoms with E-state index in [2.05, 4.69) is 11.4 Å². The molecule has 5 nitrogen and oxygen atoms in total. The van der Waals surface area contributed by atoms with Crippen molar-refractivity contribution in [3.8, 4) is 0 Å². The lowest BCUT2D eigenvalue weighted by Gasteiger charge is -2.28. The molecule has 0 spiro atoms. The van der Waals surface area contributed by atoms with Crippen LogP contribution in [0.3, 0.4) is 0 Å². The van der Waals surface area contributed by atoms with E-state index in [1.165, 1.54) is 5.56 Å². The van der Waals surface area contributed by atoms with E-state index in [0.717, 1.165) is 17.5 Å². The zero-order valence-corrected chi connectivity index (χ0v) is 15.3. The molecule has 132 valence electrons. The van der Waals surface area contributed by atoms with Gasteiger partial charge < -0.3 is 10.1 Å². The van der Waals surface area contributed by atoms with Crippen molar-refractivity contribution in [3.63, 3.8) is 0 Å². The fraction of sp³-hybridized carbons (Fsp3) is 0.579. The van der Waals surface area contributed by atoms with Crippen molar-refractivity contribution in [1.82, 2.24) is 10.2 Å². The molecule has 1 saturated heterocycles. The van der Waals surface area contributed by atoms with E-state index in [0.29, 0.717) is 19.5 Å². The van der Waals surface area contributed by atoms with Crippen LogP contribution in [0.5, 0.6) is 0 Å². The monoisotopic (exact) mass is 332 g/mol. The molecule has 1 unspecified atom stereocenters. The summed E-state index contributed by atoms with van der Waals surface area (Å²) in [6.45, 7) is 10.6. The van der Waals surface area contributed by atoms with Gasteiger partial charge in [0, 0.05) is 13.1 Å². The molecule has 1 atom stereocenters. The fourth-order valence-electron chi connectivity index (χ4n) is 2.92. The highest BCUT2D eigenvalue weighted by atomic mass is 16.6. The summed E-state index contributed by atoms with van der Waals surface area (Å²) in [7, 11) is 0. The molecule has 2 rings (SSSR count). The number of nitrogens with one attached hydrogen (secondary N) is 1. The van der Waals surface area contributed by atoms with Crippen LogP contribution in [0.15, 0.2) is 18.2 Å². The molecule has 5 heteroatoms. The third-order valence-electron chi connectivity index (χ3n) is 4.13. The molecule has 1 heterocycles. The Morgan fingerprint density at radius 2 is 2.00 bits per heavy atom. The lowest BCUT2D eigenvalue weighted by atomic mass is 10.1. The van der Waals surface area contributed by atoms with Crippen molar-refractivity contribution in [1.29, 1.82) is 0 Å². The molecule has 1 aromatic carbocycles. The molecule has 0 aromatic heterocycles. The molecule has 2 amide bonds. The molecule has 24 heavy (non-hydrogen) atoms. The fourth-order valence-corrected chi connectivity index (χ4v) is 2.92. The molecule has 1 aliphatic heterocycles. The molecular formula is C19H28N2O3. The van der Waals surface area contributed by atoms with Crippen LogP contribution in [-0.2, 0) is 16.1 Å². The van der Waals surface area contributed by atoms with Crippen molar-refractivity contribution in [2.45, 2.75) is 65.6 Å². The maximum atomic E-state index is 12.5. The number of nitrogens with zero attached hydrogens (tertiary/aromatic N) is 1. The Balaban J connectivity index is 1.96. The number of amides is 2. The predicted octanol–water partition coefficient (Wildman–Crippen LogP) is 3.32. The van der Waals surface area contributed by atoms with Crippen molar-refractivity contribution in [2.24, 2.45) is 0 Å². The first-order valence-electron chi connectivity index (χ1n) is 8.51. The molecule has 1 aromatic rings. The standard InChI is InChI=1S/C19H28N2O3/c1-13-8-9-15(14(2)11-13)12-20-17(22)16-7-6-10-21(16)18(23)24-19(3,4)5/h8-9,11,16H,6-7,10,12H2,1-5H3,(H,20,22). The predicted molar refractivity (Wildman–Crippen MR) is 93.7 cm³/mol. The van der Waals surface area contributed by atoms with Crippen LogP contribution in [0.25, 0.3) is 0 Å². The number of benzene rings is 1. The van der Waals surface area contributed by atoms with Gasteiger partial charge in [-0.05, 0) is 58.6 Å². The van der Waals surface area contributed by atoms with Gasteiger partial charge in [-0.3, -0.25) is 9.69 Å². The first-order valence-corrected chi connectivity index (χ1v) is 8.51. The number of hydrogen-bond donors (Lipinski definition) is 1. The number of aryl methyl sites for hydroxylation is 2. The summed E-state index contributed by atoms with van der Waals surface area (Å²) in [5, 5.41) is 2.96. The summed E-state index contributed by atoms with van der Waals surface area (Å²) in [6, 6.07) is 5.73. The highest BCUT2D eigenvalue weighted by Gasteiger charge is 2.36. The second kappa shape index (κ2) is 7.24. The van der Waals surface area contributed by atoms with Gasteiger partial charge in [-0.15, -0.1) is 0 Å². The average molecular weight is 332 g/mol. The van der Waals surface area contributed by atoms with Gasteiger partial charge in [0.05, 0.1) is 0 Å². The quantitative estimate of drug-likeness (QED) is 0.924. The molecule has 1 N–H and O–H groups in total. The van der Waals surface area contributed by atoms with E-state index in [1.807, 2.05) is 46.8 Å². The van der Waals surface area contributed by atoms with Crippen molar-refractivity contribution in [2.75, 3.05) is 6.54 Å². The van der Waals surface area contributed by atoms with Gasteiger partial charge in [-0.2, -0.15) is 0 Å². The third kappa shape index (κ3) is 4.73. The van der Waals surface area contributed by atoms with E-state index in [-0.39, 0.29) is 5.91 Å². The van der Waals surface area contributed by atoms with E-state index in [1.54, 1.807) is 4.90 Å². The number of hydrogen-bond acceptors (Lipinski definition) is 3. The second-order valence-electron chi connectivity index (χ2n) is 7.48. The number of carbonyl (C=O) groups excluding carboxylic acids is 2. The first kappa shape index (κ1) is 18.3. The van der Waals surface area contributed by atoms with Crippen LogP contribution in [0.4, 0.5) is 4.79 Å². The first-order chi connectivity index (χ1) is 11.2. The maximum Gasteiger partial charge on any atom is 0.410 e. The van der Waals surface area contributed by atoms with Crippen molar-refractivity contribution in [3.05, 3.63) is 34.9 Å². The van der Waals surface area contributed by atoms with E-state index < -0.39 is 17.7 Å². The smallest absolute Gasteiger partial charge is 0.410 e. The van der Waals surface area contributed by atoms with Gasteiger partial charge in [-0.25, -0.2) is 4.79 Å². The molecule has 0 aliphatic carbocycles. The van der Waals surface area contributed by atoms with Gasteiger partial charge in [0.2, 0.25) is 5.91 Å². The summed E-state index contributed by atoms with van der Waals surface area (Å²) in [6.07, 6.45) is 1.09. The second-order valence-corrected chi connectivity index (χ2v) is 7.48. The summed E-state index contributed by atoms with van der Waals surface area (Å²) < 4.78 is 5.40. The van der Waals surface area contributed by atoms with Crippen LogP contribution < -0.4 is 5.32 Å². The van der Waals surface area contributed by atoms with Crippen LogP contribution in [0.1, 0.15) is 50.3 Å². The molecular weight excluding hydrogens is 304 g/mol. The Kier molecular flexibility index (Phi) is 5.52. The molecule has 0 bridgehead atoms. The Hall–Kier alpha value is -2.04. The Morgan fingerprint density at radius 1 is 1.29 bits per heavy atom. The normalized spacial score (nSPS) is 17.7. The number of likely N-dealkylation sites (tertiary alicyclic amines) is 1. The summed E-state index contributed by atoms with van der Waals surface area (Å²) >= 11 is 0. The number of rotatable bonds is 3. The minimum absolute atomic E-state index is 0.113. The van der Waals surface area contributed by atoms with Gasteiger partial charge >= 0.3 is 6.09 Å². The lowest BCUT2D eigenvalue weighted by molar-refractivity contribution is -0.125. The zero-order valence-electron chi connectivity index (χ0n) is 15.3. The Labute approximate surface area is 144 Å². The maximum absolute atomic E-state index is 12.5. The number of carbonyl (C=O) groups is 2. The minimum Gasteiger partial charge on any atom is -0.444 e. The number of ether oxygens (including phenoxy) is 1. The van der Waals surface area contributed by atoms with Crippen LogP contribution in [-0.4, -0.2) is 35.1 Å². The van der Waals surface area contributed by atoms with Crippen molar-refractivity contribution >= 4 is 12.0 Å². The summed E-state index contributed by atoms with van der Waals surface area (Å²) in [5.74, 6) is -0.113. The Morgan fingerprint density at radius 3 is 2.62 bits per heavy atom. The van der Waals surface area contributed by atoms with Gasteiger partial charge in [0.15, 0.2) is 0 Å². The van der Waals surface area contributed by atoms with Crippen LogP contribution in [0, 0.1) is 13.8 Å².